The van der Waals surface area contributed by atoms with Crippen LogP contribution in [-0.4, -0.2) is 32.8 Å². The molecular weight excluding hydrogens is 506 g/mol. The Kier molecular flexibility index (Phi) is 7.28. The number of nitrogens with zero attached hydrogens (tertiary/aromatic N) is 4. The summed E-state index contributed by atoms with van der Waals surface area (Å²) in [6.45, 7) is 3.38. The van der Waals surface area contributed by atoms with E-state index in [9.17, 15) is 22.4 Å². The van der Waals surface area contributed by atoms with E-state index in [-0.39, 0.29) is 40.0 Å². The maximum Gasteiger partial charge on any atom is 0.416 e. The Labute approximate surface area is 214 Å². The molecule has 0 bridgehead atoms. The van der Waals surface area contributed by atoms with Crippen molar-refractivity contribution in [3.05, 3.63) is 79.0 Å². The number of carbonyl (C=O) groups excluding carboxylic acids is 1. The van der Waals surface area contributed by atoms with Crippen molar-refractivity contribution < 1.29 is 27.1 Å². The number of aryl methyl sites for hydroxylation is 1. The van der Waals surface area contributed by atoms with Gasteiger partial charge in [-0.05, 0) is 42.5 Å². The zero-order chi connectivity index (χ0) is 27.4. The lowest BCUT2D eigenvalue weighted by molar-refractivity contribution is -0.137. The summed E-state index contributed by atoms with van der Waals surface area (Å²) in [5.41, 5.74) is 0.332. The molecule has 0 aliphatic rings. The number of ether oxygens (including phenoxy) is 1. The average molecular weight is 527 g/mol. The first-order valence-corrected chi connectivity index (χ1v) is 11.0. The van der Waals surface area contributed by atoms with Gasteiger partial charge in [0.25, 0.3) is 0 Å². The molecule has 0 atom stereocenters. The van der Waals surface area contributed by atoms with Crippen LogP contribution in [0.5, 0.6) is 5.75 Å². The number of benzene rings is 2. The van der Waals surface area contributed by atoms with Gasteiger partial charge < -0.3 is 20.7 Å². The molecule has 3 N–H and O–H groups in total. The van der Waals surface area contributed by atoms with Crippen molar-refractivity contribution >= 4 is 34.7 Å². The lowest BCUT2D eigenvalue weighted by atomic mass is 10.0. The zero-order valence-electron chi connectivity index (χ0n) is 20.1. The third-order valence-corrected chi connectivity index (χ3v) is 5.24. The molecule has 13 heteroatoms. The minimum atomic E-state index is -4.58. The molecule has 0 aliphatic heterocycles. The topological polar surface area (TPSA) is 106 Å². The molecule has 0 spiro atoms. The Bertz CT molecular complexity index is 1500. The molecule has 0 fully saturated rings. The van der Waals surface area contributed by atoms with Gasteiger partial charge in [0.15, 0.2) is 0 Å². The predicted molar refractivity (Wildman–Crippen MR) is 134 cm³/mol. The van der Waals surface area contributed by atoms with Gasteiger partial charge in [0, 0.05) is 36.3 Å². The second-order valence-corrected chi connectivity index (χ2v) is 7.91. The van der Waals surface area contributed by atoms with Crippen LogP contribution in [0.2, 0.25) is 0 Å². The van der Waals surface area contributed by atoms with Crippen molar-refractivity contribution in [2.45, 2.75) is 6.18 Å². The molecule has 0 aliphatic carbocycles. The van der Waals surface area contributed by atoms with Crippen molar-refractivity contribution in [3.8, 4) is 16.9 Å². The number of hydrogen-bond acceptors (Lipinski definition) is 7. The molecule has 2 aromatic carbocycles. The van der Waals surface area contributed by atoms with Gasteiger partial charge in [0.05, 0.1) is 30.2 Å². The minimum Gasteiger partial charge on any atom is -0.496 e. The van der Waals surface area contributed by atoms with E-state index in [1.807, 2.05) is 0 Å². The number of rotatable bonds is 8. The Balaban J connectivity index is 1.80. The normalized spacial score (nSPS) is 11.1. The van der Waals surface area contributed by atoms with E-state index in [4.69, 9.17) is 4.74 Å². The number of methoxy groups -OCH3 is 1. The maximum absolute atomic E-state index is 14.8. The van der Waals surface area contributed by atoms with Crippen molar-refractivity contribution in [2.75, 3.05) is 23.1 Å². The van der Waals surface area contributed by atoms with Crippen LogP contribution < -0.4 is 20.7 Å². The van der Waals surface area contributed by atoms with Crippen molar-refractivity contribution in [2.24, 2.45) is 7.05 Å². The van der Waals surface area contributed by atoms with E-state index >= 15 is 0 Å². The van der Waals surface area contributed by atoms with Crippen molar-refractivity contribution in [1.29, 1.82) is 0 Å². The molecule has 0 radical (unpaired) electrons. The highest BCUT2D eigenvalue weighted by molar-refractivity contribution is 5.99. The van der Waals surface area contributed by atoms with Crippen LogP contribution in [0.25, 0.3) is 11.1 Å². The highest BCUT2D eigenvalue weighted by Crippen LogP contribution is 2.40. The fourth-order valence-corrected chi connectivity index (χ4v) is 3.46. The summed E-state index contributed by atoms with van der Waals surface area (Å²) in [4.78, 5) is 20.4. The van der Waals surface area contributed by atoms with Crippen molar-refractivity contribution in [3.63, 3.8) is 0 Å². The van der Waals surface area contributed by atoms with Crippen LogP contribution in [0.15, 0.2) is 67.6 Å². The first-order valence-electron chi connectivity index (χ1n) is 11.0. The number of aromatic nitrogens is 4. The molecule has 0 saturated heterocycles. The number of anilines is 5. The number of nitrogens with one attached hydrogen (secondary N) is 3. The minimum absolute atomic E-state index is 0.0514. The summed E-state index contributed by atoms with van der Waals surface area (Å²) in [7, 11) is 2.95. The van der Waals surface area contributed by atoms with Gasteiger partial charge in [-0.1, -0.05) is 6.58 Å². The molecule has 9 nitrogen and oxygen atoms in total. The van der Waals surface area contributed by atoms with E-state index in [1.165, 1.54) is 37.7 Å². The third kappa shape index (κ3) is 5.88. The Morgan fingerprint density at radius 3 is 2.53 bits per heavy atom. The smallest absolute Gasteiger partial charge is 0.416 e. The highest BCUT2D eigenvalue weighted by atomic mass is 19.4. The highest BCUT2D eigenvalue weighted by Gasteiger charge is 2.31. The summed E-state index contributed by atoms with van der Waals surface area (Å²) in [6.07, 6.45) is 1.05. The number of halogens is 4. The van der Waals surface area contributed by atoms with E-state index in [2.05, 4.69) is 37.6 Å². The van der Waals surface area contributed by atoms with Gasteiger partial charge in [-0.25, -0.2) is 9.37 Å². The third-order valence-electron chi connectivity index (χ3n) is 5.24. The number of alkyl halides is 3. The van der Waals surface area contributed by atoms with E-state index < -0.39 is 23.5 Å². The fraction of sp³-hybridized carbons (Fsp3) is 0.120. The molecular formula is C25H21F4N7O2. The van der Waals surface area contributed by atoms with Crippen LogP contribution in [0.3, 0.4) is 0 Å². The quantitative estimate of drug-likeness (QED) is 0.201. The van der Waals surface area contributed by atoms with Gasteiger partial charge in [0.2, 0.25) is 11.9 Å². The summed E-state index contributed by atoms with van der Waals surface area (Å²) in [5, 5.41) is 12.4. The fourth-order valence-electron chi connectivity index (χ4n) is 3.46. The first-order chi connectivity index (χ1) is 18.1. The van der Waals surface area contributed by atoms with E-state index in [1.54, 1.807) is 17.9 Å². The van der Waals surface area contributed by atoms with Gasteiger partial charge in [-0.2, -0.15) is 23.3 Å². The summed E-state index contributed by atoms with van der Waals surface area (Å²) in [6, 6.07) is 6.80. The van der Waals surface area contributed by atoms with E-state index in [0.29, 0.717) is 5.69 Å². The van der Waals surface area contributed by atoms with Gasteiger partial charge >= 0.3 is 6.18 Å². The Hall–Kier alpha value is -4.94. The van der Waals surface area contributed by atoms with Crippen molar-refractivity contribution in [1.82, 2.24) is 19.7 Å². The largest absolute Gasteiger partial charge is 0.496 e. The molecule has 2 heterocycles. The average Bonchev–Trinajstić information content (AvgIpc) is 3.29. The monoisotopic (exact) mass is 527 g/mol. The van der Waals surface area contributed by atoms with Gasteiger partial charge in [0.1, 0.15) is 17.4 Å². The molecule has 38 heavy (non-hydrogen) atoms. The second kappa shape index (κ2) is 10.6. The second-order valence-electron chi connectivity index (χ2n) is 7.91. The molecule has 1 amide bonds. The molecule has 4 rings (SSSR count). The standard InChI is InChI=1S/C25H21F4N7O2/c1-4-22(37)32-15-6-8-19(26)20(10-15)34-23-18(12-30-24(35-23)33-16-11-31-36(2)13-16)17-7-5-14(25(27,28)29)9-21(17)38-3/h4-13H,1H2,2-3H3,(H,32,37)(H2,30,33,34,35). The van der Waals surface area contributed by atoms with Crippen LogP contribution in [0, 0.1) is 5.82 Å². The molecule has 0 saturated carbocycles. The number of carbonyl (C=O) groups is 1. The maximum atomic E-state index is 14.8. The SMILES string of the molecule is C=CC(=O)Nc1ccc(F)c(Nc2nc(Nc3cnn(C)c3)ncc2-c2ccc(C(F)(F)F)cc2OC)c1. The molecule has 0 unspecified atom stereocenters. The molecule has 2 aromatic heterocycles. The summed E-state index contributed by atoms with van der Waals surface area (Å²) in [5.74, 6) is -1.11. The van der Waals surface area contributed by atoms with Crippen LogP contribution in [0.1, 0.15) is 5.56 Å². The van der Waals surface area contributed by atoms with Crippen LogP contribution >= 0.6 is 0 Å². The lowest BCUT2D eigenvalue weighted by Gasteiger charge is -2.17. The Morgan fingerprint density at radius 2 is 1.87 bits per heavy atom. The molecule has 196 valence electrons. The van der Waals surface area contributed by atoms with E-state index in [0.717, 1.165) is 24.3 Å². The van der Waals surface area contributed by atoms with Gasteiger partial charge in [-0.3, -0.25) is 9.48 Å². The lowest BCUT2D eigenvalue weighted by Crippen LogP contribution is -2.09. The molecule has 4 aromatic rings. The summed E-state index contributed by atoms with van der Waals surface area (Å²) >= 11 is 0. The zero-order valence-corrected chi connectivity index (χ0v) is 20.1. The van der Waals surface area contributed by atoms with Crippen LogP contribution in [-0.2, 0) is 18.0 Å². The first kappa shape index (κ1) is 26.1. The van der Waals surface area contributed by atoms with Crippen LogP contribution in [0.4, 0.5) is 46.4 Å². The summed E-state index contributed by atoms with van der Waals surface area (Å²) < 4.78 is 61.4. The Morgan fingerprint density at radius 1 is 1.08 bits per heavy atom. The number of hydrogen-bond donors (Lipinski definition) is 3. The predicted octanol–water partition coefficient (Wildman–Crippen LogP) is 5.66. The number of amides is 1. The van der Waals surface area contributed by atoms with Gasteiger partial charge in [-0.15, -0.1) is 0 Å².